The largest absolute Gasteiger partial charge is 0.492 e. The first-order valence-corrected chi connectivity index (χ1v) is 8.18. The van der Waals surface area contributed by atoms with Gasteiger partial charge in [-0.25, -0.2) is 0 Å². The molecular formula is C17H20ClNO3. The van der Waals surface area contributed by atoms with Gasteiger partial charge in [-0.15, -0.1) is 0 Å². The molecule has 3 atom stereocenters. The van der Waals surface area contributed by atoms with Crippen LogP contribution in [0.5, 0.6) is 5.75 Å². The second kappa shape index (κ2) is 6.29. The maximum Gasteiger partial charge on any atom is 0.223 e. The third-order valence-electron chi connectivity index (χ3n) is 4.64. The molecule has 4 nitrogen and oxygen atoms in total. The van der Waals surface area contributed by atoms with E-state index < -0.39 is 0 Å². The van der Waals surface area contributed by atoms with Crippen LogP contribution in [0.4, 0.5) is 0 Å². The summed E-state index contributed by atoms with van der Waals surface area (Å²) in [7, 11) is 0. The van der Waals surface area contributed by atoms with Crippen LogP contribution in [0, 0.1) is 11.8 Å². The van der Waals surface area contributed by atoms with Crippen LogP contribution in [0.3, 0.4) is 0 Å². The van der Waals surface area contributed by atoms with E-state index in [1.165, 1.54) is 0 Å². The predicted molar refractivity (Wildman–Crippen MR) is 84.0 cm³/mol. The van der Waals surface area contributed by atoms with Crippen molar-refractivity contribution in [2.45, 2.75) is 38.6 Å². The Bertz CT molecular complexity index is 602. The van der Waals surface area contributed by atoms with Gasteiger partial charge in [-0.1, -0.05) is 30.7 Å². The Morgan fingerprint density at radius 3 is 2.95 bits per heavy atom. The van der Waals surface area contributed by atoms with Gasteiger partial charge in [0.25, 0.3) is 0 Å². The van der Waals surface area contributed by atoms with Crippen LogP contribution >= 0.6 is 11.6 Å². The Morgan fingerprint density at radius 1 is 1.36 bits per heavy atom. The van der Waals surface area contributed by atoms with Gasteiger partial charge >= 0.3 is 0 Å². The first-order valence-electron chi connectivity index (χ1n) is 7.80. The second-order valence-electron chi connectivity index (χ2n) is 6.20. The van der Waals surface area contributed by atoms with Crippen LogP contribution in [0.1, 0.15) is 44.2 Å². The maximum atomic E-state index is 12.5. The third-order valence-corrected chi connectivity index (χ3v) is 4.94. The quantitative estimate of drug-likeness (QED) is 0.909. The van der Waals surface area contributed by atoms with Gasteiger partial charge in [-0.2, -0.15) is 0 Å². The number of nitrogens with one attached hydrogen (secondary N) is 1. The van der Waals surface area contributed by atoms with Crippen LogP contribution in [-0.4, -0.2) is 18.3 Å². The molecule has 0 aromatic heterocycles. The predicted octanol–water partition coefficient (Wildman–Crippen LogP) is 3.29. The average molecular weight is 322 g/mol. The number of ether oxygens (including phenoxy) is 1. The van der Waals surface area contributed by atoms with Crippen molar-refractivity contribution in [3.05, 3.63) is 28.8 Å². The number of hydrogen-bond donors (Lipinski definition) is 1. The summed E-state index contributed by atoms with van der Waals surface area (Å²) in [6, 6.07) is 5.54. The number of halogens is 1. The summed E-state index contributed by atoms with van der Waals surface area (Å²) in [5.41, 5.74) is 0.937. The van der Waals surface area contributed by atoms with Gasteiger partial charge in [0.15, 0.2) is 0 Å². The number of para-hydroxylation sites is 1. The molecule has 1 aliphatic heterocycles. The normalized spacial score (nSPS) is 27.7. The molecule has 1 aromatic rings. The van der Waals surface area contributed by atoms with Gasteiger partial charge in [-0.05, 0) is 18.9 Å². The minimum absolute atomic E-state index is 0.0130. The van der Waals surface area contributed by atoms with Gasteiger partial charge in [0.2, 0.25) is 5.91 Å². The number of rotatable bonds is 2. The molecule has 0 saturated heterocycles. The minimum atomic E-state index is -0.0711. The zero-order chi connectivity index (χ0) is 15.7. The summed E-state index contributed by atoms with van der Waals surface area (Å²) in [4.78, 5) is 24.1. The van der Waals surface area contributed by atoms with E-state index in [1.54, 1.807) is 6.07 Å². The van der Waals surface area contributed by atoms with Crippen molar-refractivity contribution in [1.29, 1.82) is 0 Å². The molecular weight excluding hydrogens is 302 g/mol. The second-order valence-corrected chi connectivity index (χ2v) is 6.60. The summed E-state index contributed by atoms with van der Waals surface area (Å²) in [5, 5.41) is 3.70. The van der Waals surface area contributed by atoms with Crippen LogP contribution in [0.2, 0.25) is 5.02 Å². The van der Waals surface area contributed by atoms with E-state index in [1.807, 2.05) is 19.1 Å². The van der Waals surface area contributed by atoms with Crippen molar-refractivity contribution in [3.63, 3.8) is 0 Å². The molecule has 5 heteroatoms. The van der Waals surface area contributed by atoms with E-state index >= 15 is 0 Å². The van der Waals surface area contributed by atoms with Crippen molar-refractivity contribution in [2.75, 3.05) is 6.61 Å². The van der Waals surface area contributed by atoms with Gasteiger partial charge < -0.3 is 10.1 Å². The Morgan fingerprint density at radius 2 is 2.18 bits per heavy atom. The SMILES string of the molecule is C[C@@H]1C[C@H](C(=O)N[C@H]2CCOc3c(Cl)cccc32)CCC1=O. The Balaban J connectivity index is 1.71. The minimum Gasteiger partial charge on any atom is -0.492 e. The number of benzene rings is 1. The summed E-state index contributed by atoms with van der Waals surface area (Å²) >= 11 is 6.15. The highest BCUT2D eigenvalue weighted by atomic mass is 35.5. The summed E-state index contributed by atoms with van der Waals surface area (Å²) in [6.45, 7) is 2.45. The molecule has 0 unspecified atom stereocenters. The maximum absolute atomic E-state index is 12.5. The molecule has 3 rings (SSSR count). The Hall–Kier alpha value is -1.55. The number of hydrogen-bond acceptors (Lipinski definition) is 3. The number of Topliss-reactive ketones (excluding diaryl/α,β-unsaturated/α-hetero) is 1. The molecule has 22 heavy (non-hydrogen) atoms. The van der Waals surface area contributed by atoms with Crippen LogP contribution in [0.15, 0.2) is 18.2 Å². The summed E-state index contributed by atoms with van der Waals surface area (Å²) in [5.74, 6) is 0.899. The van der Waals surface area contributed by atoms with E-state index in [2.05, 4.69) is 5.32 Å². The van der Waals surface area contributed by atoms with Crippen molar-refractivity contribution in [3.8, 4) is 5.75 Å². The fourth-order valence-electron chi connectivity index (χ4n) is 3.30. The Kier molecular flexibility index (Phi) is 4.39. The van der Waals surface area contributed by atoms with E-state index in [4.69, 9.17) is 16.3 Å². The highest BCUT2D eigenvalue weighted by molar-refractivity contribution is 6.32. The van der Waals surface area contributed by atoms with Crippen LogP contribution in [0.25, 0.3) is 0 Å². The van der Waals surface area contributed by atoms with Crippen molar-refractivity contribution in [1.82, 2.24) is 5.32 Å². The molecule has 2 aliphatic rings. The van der Waals surface area contributed by atoms with Crippen molar-refractivity contribution < 1.29 is 14.3 Å². The molecule has 118 valence electrons. The number of carbonyl (C=O) groups is 2. The molecule has 0 bridgehead atoms. The summed E-state index contributed by atoms with van der Waals surface area (Å²) < 4.78 is 5.61. The van der Waals surface area contributed by atoms with Crippen molar-refractivity contribution in [2.24, 2.45) is 11.8 Å². The number of carbonyl (C=O) groups excluding carboxylic acids is 2. The molecule has 1 aromatic carbocycles. The molecule has 1 saturated carbocycles. The molecule has 0 spiro atoms. The number of fused-ring (bicyclic) bond motifs is 1. The number of ketones is 1. The average Bonchev–Trinajstić information content (AvgIpc) is 2.51. The molecule has 1 fully saturated rings. The monoisotopic (exact) mass is 321 g/mol. The topological polar surface area (TPSA) is 55.4 Å². The lowest BCUT2D eigenvalue weighted by Crippen LogP contribution is -2.39. The first-order chi connectivity index (χ1) is 10.6. The zero-order valence-electron chi connectivity index (χ0n) is 12.6. The zero-order valence-corrected chi connectivity index (χ0v) is 13.4. The van der Waals surface area contributed by atoms with Gasteiger partial charge in [0, 0.05) is 30.2 Å². The standard InChI is InChI=1S/C17H20ClNO3/c1-10-9-11(5-6-15(10)20)17(21)19-14-7-8-22-16-12(14)3-2-4-13(16)18/h2-4,10-11,14H,5-9H2,1H3,(H,19,21)/t10-,11-,14+/m1/s1. The lowest BCUT2D eigenvalue weighted by atomic mass is 9.81. The van der Waals surface area contributed by atoms with E-state index in [-0.39, 0.29) is 29.6 Å². The van der Waals surface area contributed by atoms with Gasteiger partial charge in [0.1, 0.15) is 11.5 Å². The molecule has 0 radical (unpaired) electrons. The van der Waals surface area contributed by atoms with Gasteiger partial charge in [-0.3, -0.25) is 9.59 Å². The molecule has 1 N–H and O–H groups in total. The van der Waals surface area contributed by atoms with E-state index in [0.29, 0.717) is 36.6 Å². The highest BCUT2D eigenvalue weighted by Crippen LogP contribution is 2.38. The lowest BCUT2D eigenvalue weighted by Gasteiger charge is -2.30. The lowest BCUT2D eigenvalue weighted by molar-refractivity contribution is -0.131. The summed E-state index contributed by atoms with van der Waals surface area (Å²) in [6.07, 6.45) is 2.55. The third kappa shape index (κ3) is 2.98. The number of amides is 1. The molecule has 1 heterocycles. The Labute approximate surface area is 135 Å². The van der Waals surface area contributed by atoms with Gasteiger partial charge in [0.05, 0.1) is 17.7 Å². The highest BCUT2D eigenvalue weighted by Gasteiger charge is 2.32. The molecule has 1 aliphatic carbocycles. The fourth-order valence-corrected chi connectivity index (χ4v) is 3.54. The van der Waals surface area contributed by atoms with E-state index in [9.17, 15) is 9.59 Å². The molecule has 1 amide bonds. The van der Waals surface area contributed by atoms with Crippen LogP contribution < -0.4 is 10.1 Å². The van der Waals surface area contributed by atoms with Crippen LogP contribution in [-0.2, 0) is 9.59 Å². The fraction of sp³-hybridized carbons (Fsp3) is 0.529. The first kappa shape index (κ1) is 15.3. The van der Waals surface area contributed by atoms with Crippen molar-refractivity contribution >= 4 is 23.3 Å². The van der Waals surface area contributed by atoms with E-state index in [0.717, 1.165) is 12.0 Å². The smallest absolute Gasteiger partial charge is 0.223 e.